The third-order valence-electron chi connectivity index (χ3n) is 2.42. The molecule has 0 fully saturated rings. The molecule has 0 saturated carbocycles. The molecule has 0 bridgehead atoms. The van der Waals surface area contributed by atoms with Gasteiger partial charge in [-0.25, -0.2) is 0 Å². The van der Waals surface area contributed by atoms with E-state index in [1.54, 1.807) is 0 Å². The van der Waals surface area contributed by atoms with E-state index in [0.29, 0.717) is 5.56 Å². The van der Waals surface area contributed by atoms with E-state index >= 15 is 0 Å². The normalized spacial score (nSPS) is 12.3. The highest BCUT2D eigenvalue weighted by Gasteiger charge is 2.09. The number of benzene rings is 1. The Morgan fingerprint density at radius 1 is 1.53 bits per heavy atom. The molecule has 15 heavy (non-hydrogen) atoms. The van der Waals surface area contributed by atoms with Crippen LogP contribution in [0, 0.1) is 6.92 Å². The van der Waals surface area contributed by atoms with Crippen LogP contribution in [0.1, 0.15) is 36.2 Å². The van der Waals surface area contributed by atoms with E-state index in [2.05, 4.69) is 28.2 Å². The molecule has 1 rings (SSSR count). The smallest absolute Gasteiger partial charge is 0.251 e. The summed E-state index contributed by atoms with van der Waals surface area (Å²) >= 11 is 3.42. The molecular formula is C12H16BrNO. The summed E-state index contributed by atoms with van der Waals surface area (Å²) in [5.41, 5.74) is 1.84. The highest BCUT2D eigenvalue weighted by molar-refractivity contribution is 9.10. The van der Waals surface area contributed by atoms with Gasteiger partial charge < -0.3 is 5.32 Å². The Morgan fingerprint density at radius 2 is 2.20 bits per heavy atom. The first-order valence-electron chi connectivity index (χ1n) is 5.11. The number of amides is 1. The number of nitrogens with one attached hydrogen (secondary N) is 1. The second-order valence-corrected chi connectivity index (χ2v) is 4.60. The van der Waals surface area contributed by atoms with Gasteiger partial charge in [-0.2, -0.15) is 0 Å². The van der Waals surface area contributed by atoms with Gasteiger partial charge in [0.1, 0.15) is 0 Å². The van der Waals surface area contributed by atoms with Crippen molar-refractivity contribution >= 4 is 21.8 Å². The van der Waals surface area contributed by atoms with E-state index < -0.39 is 0 Å². The van der Waals surface area contributed by atoms with E-state index in [0.717, 1.165) is 16.5 Å². The van der Waals surface area contributed by atoms with Gasteiger partial charge in [0.15, 0.2) is 0 Å². The Bertz CT molecular complexity index is 363. The van der Waals surface area contributed by atoms with Crippen LogP contribution in [-0.2, 0) is 0 Å². The minimum atomic E-state index is -0.00921. The first-order chi connectivity index (χ1) is 7.04. The van der Waals surface area contributed by atoms with Crippen molar-refractivity contribution < 1.29 is 4.79 Å². The van der Waals surface area contributed by atoms with Gasteiger partial charge in [-0.3, -0.25) is 4.79 Å². The maximum Gasteiger partial charge on any atom is 0.251 e. The third-order valence-corrected chi connectivity index (χ3v) is 3.28. The van der Waals surface area contributed by atoms with Crippen molar-refractivity contribution in [1.29, 1.82) is 0 Å². The van der Waals surface area contributed by atoms with Gasteiger partial charge in [-0.05, 0) is 38.0 Å². The molecule has 1 N–H and O–H groups in total. The summed E-state index contributed by atoms with van der Waals surface area (Å²) in [6, 6.07) is 5.86. The molecule has 3 heteroatoms. The van der Waals surface area contributed by atoms with E-state index in [-0.39, 0.29) is 11.9 Å². The third kappa shape index (κ3) is 3.34. The van der Waals surface area contributed by atoms with Crippen molar-refractivity contribution in [2.45, 2.75) is 33.2 Å². The Kier molecular flexibility index (Phi) is 4.33. The molecule has 2 nitrogen and oxygen atoms in total. The highest BCUT2D eigenvalue weighted by Crippen LogP contribution is 2.17. The number of carbonyl (C=O) groups is 1. The Morgan fingerprint density at radius 3 is 2.73 bits per heavy atom. The van der Waals surface area contributed by atoms with Gasteiger partial charge in [0.05, 0.1) is 0 Å². The number of hydrogen-bond acceptors (Lipinski definition) is 1. The van der Waals surface area contributed by atoms with Crippen LogP contribution in [0.15, 0.2) is 22.7 Å². The van der Waals surface area contributed by atoms with Gasteiger partial charge in [0.2, 0.25) is 0 Å². The Hall–Kier alpha value is -0.830. The van der Waals surface area contributed by atoms with Crippen molar-refractivity contribution in [1.82, 2.24) is 5.32 Å². The molecular weight excluding hydrogens is 254 g/mol. The first-order valence-corrected chi connectivity index (χ1v) is 5.91. The molecule has 1 unspecified atom stereocenters. The van der Waals surface area contributed by atoms with E-state index in [9.17, 15) is 4.79 Å². The minimum Gasteiger partial charge on any atom is -0.350 e. The molecule has 82 valence electrons. The van der Waals surface area contributed by atoms with E-state index in [4.69, 9.17) is 0 Å². The molecule has 0 aliphatic rings. The number of aryl methyl sites for hydroxylation is 1. The van der Waals surface area contributed by atoms with Crippen LogP contribution in [0.5, 0.6) is 0 Å². The summed E-state index contributed by atoms with van der Waals surface area (Å²) in [7, 11) is 0. The maximum absolute atomic E-state index is 11.7. The van der Waals surface area contributed by atoms with E-state index in [1.165, 1.54) is 0 Å². The number of carbonyl (C=O) groups excluding carboxylic acids is 1. The van der Waals surface area contributed by atoms with Crippen molar-refractivity contribution in [3.63, 3.8) is 0 Å². The zero-order valence-electron chi connectivity index (χ0n) is 9.30. The second-order valence-electron chi connectivity index (χ2n) is 3.75. The summed E-state index contributed by atoms with van der Waals surface area (Å²) < 4.78 is 0.972. The van der Waals surface area contributed by atoms with Gasteiger partial charge in [-0.15, -0.1) is 0 Å². The molecule has 0 radical (unpaired) electrons. The van der Waals surface area contributed by atoms with Gasteiger partial charge in [-0.1, -0.05) is 28.9 Å². The number of halogens is 1. The lowest BCUT2D eigenvalue weighted by atomic mass is 10.1. The van der Waals surface area contributed by atoms with Gasteiger partial charge in [0, 0.05) is 16.1 Å². The predicted octanol–water partition coefficient (Wildman–Crippen LogP) is 3.29. The summed E-state index contributed by atoms with van der Waals surface area (Å²) in [4.78, 5) is 11.7. The fraction of sp³-hybridized carbons (Fsp3) is 0.417. The average molecular weight is 270 g/mol. The van der Waals surface area contributed by atoms with Crippen LogP contribution in [0.4, 0.5) is 0 Å². The fourth-order valence-corrected chi connectivity index (χ4v) is 1.52. The summed E-state index contributed by atoms with van der Waals surface area (Å²) in [5, 5.41) is 2.93. The monoisotopic (exact) mass is 269 g/mol. The lowest BCUT2D eigenvalue weighted by Gasteiger charge is -2.11. The van der Waals surface area contributed by atoms with Gasteiger partial charge in [0.25, 0.3) is 5.91 Å². The lowest BCUT2D eigenvalue weighted by Crippen LogP contribution is -2.31. The molecule has 0 aliphatic carbocycles. The van der Waals surface area contributed by atoms with Crippen molar-refractivity contribution in [2.24, 2.45) is 0 Å². The van der Waals surface area contributed by atoms with Crippen LogP contribution in [-0.4, -0.2) is 11.9 Å². The van der Waals surface area contributed by atoms with Gasteiger partial charge >= 0.3 is 0 Å². The van der Waals surface area contributed by atoms with Crippen LogP contribution >= 0.6 is 15.9 Å². The summed E-state index contributed by atoms with van der Waals surface area (Å²) in [5.74, 6) is -0.00921. The quantitative estimate of drug-likeness (QED) is 0.897. The van der Waals surface area contributed by atoms with Crippen LogP contribution < -0.4 is 5.32 Å². The number of hydrogen-bond donors (Lipinski definition) is 1. The molecule has 0 aromatic heterocycles. The van der Waals surface area contributed by atoms with Crippen molar-refractivity contribution in [3.8, 4) is 0 Å². The zero-order valence-corrected chi connectivity index (χ0v) is 10.9. The summed E-state index contributed by atoms with van der Waals surface area (Å²) in [6.45, 7) is 6.05. The molecule has 0 heterocycles. The molecule has 0 saturated heterocycles. The average Bonchev–Trinajstić information content (AvgIpc) is 2.21. The number of rotatable bonds is 3. The van der Waals surface area contributed by atoms with Crippen LogP contribution in [0.25, 0.3) is 0 Å². The molecule has 1 atom stereocenters. The standard InChI is InChI=1S/C12H16BrNO/c1-4-9(3)14-12(15)10-6-5-8(2)11(13)7-10/h5-7,9H,4H2,1-3H3,(H,14,15). The minimum absolute atomic E-state index is 0.00921. The topological polar surface area (TPSA) is 29.1 Å². The SMILES string of the molecule is CCC(C)NC(=O)c1ccc(C)c(Br)c1. The van der Waals surface area contributed by atoms with E-state index in [1.807, 2.05) is 32.0 Å². The van der Waals surface area contributed by atoms with Crippen LogP contribution in [0.3, 0.4) is 0 Å². The summed E-state index contributed by atoms with van der Waals surface area (Å²) in [6.07, 6.45) is 0.943. The first kappa shape index (κ1) is 12.2. The van der Waals surface area contributed by atoms with Crippen molar-refractivity contribution in [3.05, 3.63) is 33.8 Å². The highest BCUT2D eigenvalue weighted by atomic mass is 79.9. The Balaban J connectivity index is 2.78. The second kappa shape index (κ2) is 5.31. The van der Waals surface area contributed by atoms with Crippen LogP contribution in [0.2, 0.25) is 0 Å². The predicted molar refractivity (Wildman–Crippen MR) is 66.1 cm³/mol. The fourth-order valence-electron chi connectivity index (χ4n) is 1.14. The largest absolute Gasteiger partial charge is 0.350 e. The molecule has 1 aromatic carbocycles. The maximum atomic E-state index is 11.7. The Labute approximate surface area is 99.2 Å². The molecule has 0 aliphatic heterocycles. The molecule has 0 spiro atoms. The molecule has 1 amide bonds. The lowest BCUT2D eigenvalue weighted by molar-refractivity contribution is 0.0939. The molecule has 1 aromatic rings. The van der Waals surface area contributed by atoms with Crippen molar-refractivity contribution in [2.75, 3.05) is 0 Å². The zero-order chi connectivity index (χ0) is 11.4.